The van der Waals surface area contributed by atoms with Gasteiger partial charge < -0.3 is 10.2 Å². The number of aromatic amines is 1. The highest BCUT2D eigenvalue weighted by atomic mass is 32.2. The van der Waals surface area contributed by atoms with Crippen LogP contribution in [0.2, 0.25) is 0 Å². The van der Waals surface area contributed by atoms with Crippen molar-refractivity contribution < 1.29 is 9.59 Å². The molecule has 0 unspecified atom stereocenters. The van der Waals surface area contributed by atoms with Crippen LogP contribution >= 0.6 is 24.0 Å². The number of carbonyl (C=O) groups is 2. The maximum absolute atomic E-state index is 13.1. The maximum atomic E-state index is 13.1. The van der Waals surface area contributed by atoms with Crippen molar-refractivity contribution in [1.29, 1.82) is 0 Å². The SMILES string of the molecule is CN(C)C(=S)SCC(=O)Nc1cccc(C(=O)c2ccc3c(/C=C/c4ccccc4)n[nH]c3c2)c1. The Labute approximate surface area is 213 Å². The zero-order valence-electron chi connectivity index (χ0n) is 19.3. The number of nitrogens with zero attached hydrogens (tertiary/aromatic N) is 2. The van der Waals surface area contributed by atoms with Gasteiger partial charge in [-0.05, 0) is 35.9 Å². The number of hydrogen-bond donors (Lipinski definition) is 2. The van der Waals surface area contributed by atoms with Gasteiger partial charge in [0.2, 0.25) is 5.91 Å². The fraction of sp³-hybridized carbons (Fsp3) is 0.111. The minimum Gasteiger partial charge on any atom is -0.364 e. The number of amides is 1. The van der Waals surface area contributed by atoms with Gasteiger partial charge in [-0.3, -0.25) is 14.7 Å². The van der Waals surface area contributed by atoms with Crippen molar-refractivity contribution in [3.05, 3.63) is 95.2 Å². The van der Waals surface area contributed by atoms with Crippen molar-refractivity contribution >= 4 is 68.7 Å². The van der Waals surface area contributed by atoms with E-state index in [1.165, 1.54) is 11.8 Å². The summed E-state index contributed by atoms with van der Waals surface area (Å²) in [5.74, 6) is -0.117. The van der Waals surface area contributed by atoms with Crippen LogP contribution in [0.3, 0.4) is 0 Å². The summed E-state index contributed by atoms with van der Waals surface area (Å²) in [4.78, 5) is 27.2. The number of fused-ring (bicyclic) bond motifs is 1. The van der Waals surface area contributed by atoms with E-state index in [1.807, 2.05) is 62.6 Å². The average Bonchev–Trinajstić information content (AvgIpc) is 3.28. The summed E-state index contributed by atoms with van der Waals surface area (Å²) < 4.78 is 0.636. The first-order valence-electron chi connectivity index (χ1n) is 10.9. The molecule has 0 aliphatic heterocycles. The highest BCUT2D eigenvalue weighted by molar-refractivity contribution is 8.23. The third kappa shape index (κ3) is 6.23. The van der Waals surface area contributed by atoms with Gasteiger partial charge in [0, 0.05) is 36.3 Å². The average molecular weight is 501 g/mol. The van der Waals surface area contributed by atoms with E-state index in [4.69, 9.17) is 12.2 Å². The molecule has 1 amide bonds. The van der Waals surface area contributed by atoms with Crippen LogP contribution in [0.15, 0.2) is 72.8 Å². The largest absolute Gasteiger partial charge is 0.364 e. The maximum Gasteiger partial charge on any atom is 0.234 e. The Morgan fingerprint density at radius 3 is 2.54 bits per heavy atom. The van der Waals surface area contributed by atoms with Crippen molar-refractivity contribution in [2.24, 2.45) is 0 Å². The van der Waals surface area contributed by atoms with Crippen molar-refractivity contribution in [3.63, 3.8) is 0 Å². The Morgan fingerprint density at radius 1 is 1.00 bits per heavy atom. The molecule has 0 atom stereocenters. The smallest absolute Gasteiger partial charge is 0.234 e. The molecule has 0 fully saturated rings. The summed E-state index contributed by atoms with van der Waals surface area (Å²) in [6, 6.07) is 22.4. The van der Waals surface area contributed by atoms with Gasteiger partial charge >= 0.3 is 0 Å². The molecule has 1 aromatic heterocycles. The number of carbonyl (C=O) groups excluding carboxylic acids is 2. The molecule has 0 spiro atoms. The van der Waals surface area contributed by atoms with Gasteiger partial charge in [0.05, 0.1) is 17.0 Å². The highest BCUT2D eigenvalue weighted by Crippen LogP contribution is 2.22. The number of thioether (sulfide) groups is 1. The van der Waals surface area contributed by atoms with E-state index in [0.29, 0.717) is 21.1 Å². The van der Waals surface area contributed by atoms with Crippen LogP contribution in [-0.2, 0) is 4.79 Å². The lowest BCUT2D eigenvalue weighted by molar-refractivity contribution is -0.113. The molecule has 2 N–H and O–H groups in total. The zero-order valence-corrected chi connectivity index (χ0v) is 21.0. The second kappa shape index (κ2) is 11.1. The Hall–Kier alpha value is -3.75. The molecular formula is C27H24N4O2S2. The lowest BCUT2D eigenvalue weighted by Crippen LogP contribution is -2.20. The van der Waals surface area contributed by atoms with Gasteiger partial charge in [0.25, 0.3) is 0 Å². The number of aromatic nitrogens is 2. The van der Waals surface area contributed by atoms with Crippen molar-refractivity contribution in [2.75, 3.05) is 25.2 Å². The summed E-state index contributed by atoms with van der Waals surface area (Å²) in [5, 5.41) is 11.2. The fourth-order valence-corrected chi connectivity index (χ4v) is 4.17. The number of thiocarbonyl (C=S) groups is 1. The van der Waals surface area contributed by atoms with E-state index in [0.717, 1.165) is 22.2 Å². The number of benzene rings is 3. The van der Waals surface area contributed by atoms with E-state index in [9.17, 15) is 9.59 Å². The van der Waals surface area contributed by atoms with Crippen LogP contribution in [0.4, 0.5) is 5.69 Å². The first kappa shape index (κ1) is 24.4. The minimum absolute atomic E-state index is 0.137. The first-order chi connectivity index (χ1) is 16.9. The van der Waals surface area contributed by atoms with Crippen LogP contribution in [0.5, 0.6) is 0 Å². The number of ketones is 1. The summed E-state index contributed by atoms with van der Waals surface area (Å²) >= 11 is 6.48. The minimum atomic E-state index is -0.182. The normalized spacial score (nSPS) is 11.0. The summed E-state index contributed by atoms with van der Waals surface area (Å²) in [6.45, 7) is 0. The van der Waals surface area contributed by atoms with Crippen molar-refractivity contribution in [3.8, 4) is 0 Å². The van der Waals surface area contributed by atoms with Gasteiger partial charge in [0.15, 0.2) is 5.78 Å². The number of rotatable bonds is 7. The molecule has 0 bridgehead atoms. The number of H-pyrrole nitrogens is 1. The molecule has 0 aliphatic carbocycles. The zero-order chi connectivity index (χ0) is 24.8. The quantitative estimate of drug-likeness (QED) is 0.258. The predicted molar refractivity (Wildman–Crippen MR) is 149 cm³/mol. The van der Waals surface area contributed by atoms with E-state index in [1.54, 1.807) is 41.3 Å². The van der Waals surface area contributed by atoms with E-state index in [2.05, 4.69) is 15.5 Å². The Morgan fingerprint density at radius 2 is 1.77 bits per heavy atom. The molecule has 0 aliphatic rings. The molecule has 0 saturated heterocycles. The Kier molecular flexibility index (Phi) is 7.74. The van der Waals surface area contributed by atoms with Gasteiger partial charge in [-0.1, -0.05) is 78.6 Å². The molecule has 0 radical (unpaired) electrons. The third-order valence-corrected chi connectivity index (χ3v) is 6.93. The van der Waals surface area contributed by atoms with E-state index < -0.39 is 0 Å². The molecule has 3 aromatic carbocycles. The van der Waals surface area contributed by atoms with Crippen LogP contribution < -0.4 is 5.32 Å². The van der Waals surface area contributed by atoms with E-state index >= 15 is 0 Å². The molecule has 1 heterocycles. The lowest BCUT2D eigenvalue weighted by Gasteiger charge is -2.12. The molecule has 0 saturated carbocycles. The Bertz CT molecular complexity index is 1410. The second-order valence-corrected chi connectivity index (χ2v) is 9.63. The molecule has 176 valence electrons. The summed E-state index contributed by atoms with van der Waals surface area (Å²) in [5.41, 5.74) is 4.26. The van der Waals surface area contributed by atoms with Crippen LogP contribution in [0, 0.1) is 0 Å². The molecule has 6 nitrogen and oxygen atoms in total. The number of anilines is 1. The first-order valence-corrected chi connectivity index (χ1v) is 12.3. The molecule has 4 aromatic rings. The number of nitrogens with one attached hydrogen (secondary N) is 2. The van der Waals surface area contributed by atoms with Gasteiger partial charge in [0.1, 0.15) is 4.32 Å². The summed E-state index contributed by atoms with van der Waals surface area (Å²) in [7, 11) is 3.68. The monoisotopic (exact) mass is 500 g/mol. The van der Waals surface area contributed by atoms with E-state index in [-0.39, 0.29) is 17.4 Å². The fourth-order valence-electron chi connectivity index (χ4n) is 3.41. The number of hydrogen-bond acceptors (Lipinski definition) is 5. The Balaban J connectivity index is 1.47. The second-order valence-electron chi connectivity index (χ2n) is 8.02. The molecule has 8 heteroatoms. The van der Waals surface area contributed by atoms with Crippen molar-refractivity contribution in [1.82, 2.24) is 15.1 Å². The van der Waals surface area contributed by atoms with Crippen molar-refractivity contribution in [2.45, 2.75) is 0 Å². The highest BCUT2D eigenvalue weighted by Gasteiger charge is 2.13. The predicted octanol–water partition coefficient (Wildman–Crippen LogP) is 5.48. The molecule has 4 rings (SSSR count). The lowest BCUT2D eigenvalue weighted by atomic mass is 10.0. The molecule has 35 heavy (non-hydrogen) atoms. The van der Waals surface area contributed by atoms with Gasteiger partial charge in [-0.15, -0.1) is 0 Å². The van der Waals surface area contributed by atoms with Gasteiger partial charge in [-0.2, -0.15) is 5.10 Å². The van der Waals surface area contributed by atoms with Crippen LogP contribution in [0.1, 0.15) is 27.2 Å². The summed E-state index contributed by atoms with van der Waals surface area (Å²) in [6.07, 6.45) is 3.95. The van der Waals surface area contributed by atoms with Gasteiger partial charge in [-0.25, -0.2) is 0 Å². The van der Waals surface area contributed by atoms with Crippen LogP contribution in [-0.4, -0.2) is 51.0 Å². The van der Waals surface area contributed by atoms with Crippen LogP contribution in [0.25, 0.3) is 23.1 Å². The molecular weight excluding hydrogens is 476 g/mol. The topological polar surface area (TPSA) is 78.1 Å². The standard InChI is InChI=1S/C27H24N4O2S2/c1-31(2)27(34)35-17-25(32)28-21-10-6-9-19(15-21)26(33)20-12-13-22-23(29-30-24(22)16-20)14-11-18-7-4-3-5-8-18/h3-16H,17H2,1-2H3,(H,28,32)(H,29,30)/b14-11+. The third-order valence-electron chi connectivity index (χ3n) is 5.19.